The van der Waals surface area contributed by atoms with Gasteiger partial charge < -0.3 is 14.8 Å². The van der Waals surface area contributed by atoms with Gasteiger partial charge >= 0.3 is 0 Å². The number of methoxy groups -OCH3 is 1. The SMILES string of the molecule is CCNCC(OCCOC)c1cccc(Br)c1. The van der Waals surface area contributed by atoms with Gasteiger partial charge in [-0.1, -0.05) is 35.0 Å². The Kier molecular flexibility index (Phi) is 7.44. The molecule has 0 aliphatic heterocycles. The summed E-state index contributed by atoms with van der Waals surface area (Å²) in [6.07, 6.45) is 0.0719. The van der Waals surface area contributed by atoms with E-state index in [1.54, 1.807) is 7.11 Å². The van der Waals surface area contributed by atoms with Gasteiger partial charge in [-0.3, -0.25) is 0 Å². The molecule has 1 atom stereocenters. The van der Waals surface area contributed by atoms with E-state index in [1.165, 1.54) is 5.56 Å². The van der Waals surface area contributed by atoms with E-state index in [9.17, 15) is 0 Å². The summed E-state index contributed by atoms with van der Waals surface area (Å²) in [4.78, 5) is 0. The molecule has 4 heteroatoms. The Labute approximate surface area is 112 Å². The predicted molar refractivity (Wildman–Crippen MR) is 73.3 cm³/mol. The lowest BCUT2D eigenvalue weighted by Gasteiger charge is -2.18. The first-order valence-electron chi connectivity index (χ1n) is 5.84. The molecule has 96 valence electrons. The van der Waals surface area contributed by atoms with Crippen LogP contribution in [0.1, 0.15) is 18.6 Å². The van der Waals surface area contributed by atoms with E-state index in [-0.39, 0.29) is 6.10 Å². The first kappa shape index (κ1) is 14.6. The topological polar surface area (TPSA) is 30.5 Å². The molecule has 0 aromatic heterocycles. The summed E-state index contributed by atoms with van der Waals surface area (Å²) >= 11 is 3.48. The molecule has 0 radical (unpaired) electrons. The maximum absolute atomic E-state index is 5.82. The van der Waals surface area contributed by atoms with Crippen molar-refractivity contribution in [1.29, 1.82) is 0 Å². The molecule has 0 fully saturated rings. The Morgan fingerprint density at radius 2 is 2.18 bits per heavy atom. The monoisotopic (exact) mass is 301 g/mol. The third kappa shape index (κ3) is 5.64. The number of likely N-dealkylation sites (N-methyl/N-ethyl adjacent to an activating group) is 1. The van der Waals surface area contributed by atoms with Crippen molar-refractivity contribution in [1.82, 2.24) is 5.32 Å². The highest BCUT2D eigenvalue weighted by atomic mass is 79.9. The van der Waals surface area contributed by atoms with Gasteiger partial charge in [0.2, 0.25) is 0 Å². The number of hydrogen-bond donors (Lipinski definition) is 1. The van der Waals surface area contributed by atoms with Crippen LogP contribution in [-0.4, -0.2) is 33.4 Å². The Morgan fingerprint density at radius 1 is 1.35 bits per heavy atom. The molecule has 1 unspecified atom stereocenters. The van der Waals surface area contributed by atoms with E-state index in [0.717, 1.165) is 17.6 Å². The molecule has 0 aliphatic carbocycles. The quantitative estimate of drug-likeness (QED) is 0.749. The van der Waals surface area contributed by atoms with Crippen LogP contribution >= 0.6 is 15.9 Å². The van der Waals surface area contributed by atoms with Crippen molar-refractivity contribution >= 4 is 15.9 Å². The predicted octanol–water partition coefficient (Wildman–Crippen LogP) is 2.76. The van der Waals surface area contributed by atoms with E-state index >= 15 is 0 Å². The van der Waals surface area contributed by atoms with E-state index in [2.05, 4.69) is 40.3 Å². The summed E-state index contributed by atoms with van der Waals surface area (Å²) in [5.41, 5.74) is 1.18. The van der Waals surface area contributed by atoms with Gasteiger partial charge in [-0.2, -0.15) is 0 Å². The molecular formula is C13H20BrNO2. The number of benzene rings is 1. The average molecular weight is 302 g/mol. The highest BCUT2D eigenvalue weighted by Crippen LogP contribution is 2.20. The summed E-state index contributed by atoms with van der Waals surface area (Å²) in [6, 6.07) is 8.22. The highest BCUT2D eigenvalue weighted by molar-refractivity contribution is 9.10. The number of halogens is 1. The average Bonchev–Trinajstić information content (AvgIpc) is 2.33. The first-order valence-corrected chi connectivity index (χ1v) is 6.64. The number of rotatable bonds is 8. The van der Waals surface area contributed by atoms with Crippen molar-refractivity contribution in [2.45, 2.75) is 13.0 Å². The molecule has 0 bridgehead atoms. The summed E-state index contributed by atoms with van der Waals surface area (Å²) in [5.74, 6) is 0. The lowest BCUT2D eigenvalue weighted by atomic mass is 10.1. The van der Waals surface area contributed by atoms with E-state index in [4.69, 9.17) is 9.47 Å². The molecule has 1 aromatic carbocycles. The van der Waals surface area contributed by atoms with Crippen LogP contribution in [0.2, 0.25) is 0 Å². The van der Waals surface area contributed by atoms with Crippen molar-refractivity contribution in [3.8, 4) is 0 Å². The molecule has 0 saturated carbocycles. The Morgan fingerprint density at radius 3 is 2.82 bits per heavy atom. The Balaban J connectivity index is 2.60. The second-order valence-electron chi connectivity index (χ2n) is 3.71. The summed E-state index contributed by atoms with van der Waals surface area (Å²) in [5, 5.41) is 3.31. The van der Waals surface area contributed by atoms with Crippen molar-refractivity contribution in [2.75, 3.05) is 33.4 Å². The second kappa shape index (κ2) is 8.64. The van der Waals surface area contributed by atoms with Gasteiger partial charge in [0.25, 0.3) is 0 Å². The van der Waals surface area contributed by atoms with Gasteiger partial charge in [0.1, 0.15) is 0 Å². The zero-order valence-electron chi connectivity index (χ0n) is 10.4. The lowest BCUT2D eigenvalue weighted by Crippen LogP contribution is -2.24. The van der Waals surface area contributed by atoms with Crippen LogP contribution in [-0.2, 0) is 9.47 Å². The van der Waals surface area contributed by atoms with Gasteiger partial charge in [-0.25, -0.2) is 0 Å². The van der Waals surface area contributed by atoms with Crippen LogP contribution < -0.4 is 5.32 Å². The minimum absolute atomic E-state index is 0.0719. The molecular weight excluding hydrogens is 282 g/mol. The summed E-state index contributed by atoms with van der Waals surface area (Å²) in [6.45, 7) is 5.08. The van der Waals surface area contributed by atoms with Gasteiger partial charge in [-0.15, -0.1) is 0 Å². The van der Waals surface area contributed by atoms with Crippen molar-refractivity contribution in [3.05, 3.63) is 34.3 Å². The van der Waals surface area contributed by atoms with Gasteiger partial charge in [-0.05, 0) is 24.2 Å². The third-order valence-electron chi connectivity index (χ3n) is 2.41. The number of nitrogens with one attached hydrogen (secondary N) is 1. The molecule has 0 saturated heterocycles. The molecule has 17 heavy (non-hydrogen) atoms. The van der Waals surface area contributed by atoms with Gasteiger partial charge in [0.15, 0.2) is 0 Å². The standard InChI is InChI=1S/C13H20BrNO2/c1-3-15-10-13(17-8-7-16-2)11-5-4-6-12(14)9-11/h4-6,9,13,15H,3,7-8,10H2,1-2H3. The number of hydrogen-bond acceptors (Lipinski definition) is 3. The molecule has 0 aliphatic rings. The molecule has 1 rings (SSSR count). The maximum atomic E-state index is 5.82. The van der Waals surface area contributed by atoms with Crippen LogP contribution in [0.5, 0.6) is 0 Å². The Bertz CT molecular complexity index is 320. The fraction of sp³-hybridized carbons (Fsp3) is 0.538. The Hall–Kier alpha value is -0.420. The highest BCUT2D eigenvalue weighted by Gasteiger charge is 2.11. The maximum Gasteiger partial charge on any atom is 0.0950 e. The van der Waals surface area contributed by atoms with Crippen molar-refractivity contribution in [3.63, 3.8) is 0 Å². The van der Waals surface area contributed by atoms with E-state index in [0.29, 0.717) is 13.2 Å². The van der Waals surface area contributed by atoms with Crippen LogP contribution in [0, 0.1) is 0 Å². The van der Waals surface area contributed by atoms with Gasteiger partial charge in [0.05, 0.1) is 19.3 Å². The molecule has 1 N–H and O–H groups in total. The van der Waals surface area contributed by atoms with Crippen LogP contribution in [0.3, 0.4) is 0 Å². The van der Waals surface area contributed by atoms with E-state index in [1.807, 2.05) is 12.1 Å². The van der Waals surface area contributed by atoms with Gasteiger partial charge in [0, 0.05) is 18.1 Å². The lowest BCUT2D eigenvalue weighted by molar-refractivity contribution is 0.0168. The molecule has 0 heterocycles. The van der Waals surface area contributed by atoms with Crippen molar-refractivity contribution < 1.29 is 9.47 Å². The van der Waals surface area contributed by atoms with Crippen LogP contribution in [0.15, 0.2) is 28.7 Å². The number of ether oxygens (including phenoxy) is 2. The zero-order valence-corrected chi connectivity index (χ0v) is 12.0. The molecule has 0 amide bonds. The van der Waals surface area contributed by atoms with Crippen LogP contribution in [0.4, 0.5) is 0 Å². The smallest absolute Gasteiger partial charge is 0.0950 e. The van der Waals surface area contributed by atoms with Crippen LogP contribution in [0.25, 0.3) is 0 Å². The fourth-order valence-corrected chi connectivity index (χ4v) is 1.95. The molecule has 3 nitrogen and oxygen atoms in total. The summed E-state index contributed by atoms with van der Waals surface area (Å²) in [7, 11) is 1.68. The molecule has 1 aromatic rings. The largest absolute Gasteiger partial charge is 0.382 e. The minimum atomic E-state index is 0.0719. The van der Waals surface area contributed by atoms with E-state index < -0.39 is 0 Å². The summed E-state index contributed by atoms with van der Waals surface area (Å²) < 4.78 is 11.9. The zero-order chi connectivity index (χ0) is 12.5. The first-order chi connectivity index (χ1) is 8.27. The fourth-order valence-electron chi connectivity index (χ4n) is 1.53. The minimum Gasteiger partial charge on any atom is -0.382 e. The normalized spacial score (nSPS) is 12.6. The second-order valence-corrected chi connectivity index (χ2v) is 4.63. The van der Waals surface area contributed by atoms with Crippen molar-refractivity contribution in [2.24, 2.45) is 0 Å². The molecule has 0 spiro atoms. The third-order valence-corrected chi connectivity index (χ3v) is 2.90.